The van der Waals surface area contributed by atoms with Gasteiger partial charge in [-0.25, -0.2) is 4.98 Å². The molecule has 1 aromatic heterocycles. The first-order valence-electron chi connectivity index (χ1n) is 6.54. The fourth-order valence-electron chi connectivity index (χ4n) is 2.21. The van der Waals surface area contributed by atoms with Crippen LogP contribution in [0, 0.1) is 12.3 Å². The van der Waals surface area contributed by atoms with E-state index in [2.05, 4.69) is 10.9 Å². The average molecular weight is 304 g/mol. The number of terminal acetylenes is 1. The maximum absolute atomic E-state index is 6.28. The predicted octanol–water partition coefficient (Wildman–Crippen LogP) is 2.58. The molecule has 0 saturated heterocycles. The molecule has 2 N–H and O–H groups in total. The summed E-state index contributed by atoms with van der Waals surface area (Å²) in [6, 6.07) is 3.61. The van der Waals surface area contributed by atoms with E-state index in [1.165, 1.54) is 0 Å². The molecule has 0 fully saturated rings. The Bertz CT molecular complexity index is 718. The third kappa shape index (κ3) is 2.50. The molecule has 21 heavy (non-hydrogen) atoms. The first-order valence-corrected chi connectivity index (χ1v) is 6.92. The average Bonchev–Trinajstić information content (AvgIpc) is 2.69. The number of nitrogens with two attached hydrogens (primary N) is 1. The van der Waals surface area contributed by atoms with Crippen LogP contribution in [0.1, 0.15) is 6.42 Å². The lowest BCUT2D eigenvalue weighted by Gasteiger charge is -2.11. The van der Waals surface area contributed by atoms with Gasteiger partial charge in [-0.05, 0) is 12.1 Å². The molecule has 0 radical (unpaired) electrons. The van der Waals surface area contributed by atoms with Gasteiger partial charge in [0.15, 0.2) is 11.5 Å². The third-order valence-corrected chi connectivity index (χ3v) is 3.50. The van der Waals surface area contributed by atoms with Crippen molar-refractivity contribution >= 4 is 17.4 Å². The zero-order valence-corrected chi connectivity index (χ0v) is 12.1. The van der Waals surface area contributed by atoms with Crippen molar-refractivity contribution in [3.63, 3.8) is 0 Å². The molecule has 0 spiro atoms. The van der Waals surface area contributed by atoms with Crippen LogP contribution in [-0.4, -0.2) is 22.8 Å². The number of nitrogens with zero attached hydrogens (tertiary/aromatic N) is 2. The van der Waals surface area contributed by atoms with Crippen LogP contribution >= 0.6 is 11.6 Å². The number of nitrogen functional groups attached to an aromatic ring is 1. The second-order valence-corrected chi connectivity index (χ2v) is 5.05. The number of fused-ring (bicyclic) bond motifs is 1. The smallest absolute Gasteiger partial charge is 0.179 e. The van der Waals surface area contributed by atoms with Crippen LogP contribution in [0.25, 0.3) is 11.3 Å². The van der Waals surface area contributed by atoms with Crippen LogP contribution in [0.5, 0.6) is 11.5 Å². The van der Waals surface area contributed by atoms with Gasteiger partial charge in [0.2, 0.25) is 0 Å². The molecule has 0 atom stereocenters. The van der Waals surface area contributed by atoms with E-state index in [0.29, 0.717) is 47.8 Å². The highest BCUT2D eigenvalue weighted by Gasteiger charge is 2.18. The van der Waals surface area contributed by atoms with E-state index in [1.807, 2.05) is 6.07 Å². The van der Waals surface area contributed by atoms with Crippen molar-refractivity contribution in [2.75, 3.05) is 18.9 Å². The van der Waals surface area contributed by atoms with E-state index in [9.17, 15) is 0 Å². The summed E-state index contributed by atoms with van der Waals surface area (Å²) in [5.41, 5.74) is 7.47. The Morgan fingerprint density at radius 3 is 3.00 bits per heavy atom. The van der Waals surface area contributed by atoms with Crippen LogP contribution in [0.15, 0.2) is 18.5 Å². The molecule has 0 amide bonds. The Kier molecular flexibility index (Phi) is 3.63. The van der Waals surface area contributed by atoms with Gasteiger partial charge < -0.3 is 19.8 Å². The van der Waals surface area contributed by atoms with Crippen LogP contribution < -0.4 is 15.2 Å². The lowest BCUT2D eigenvalue weighted by Crippen LogP contribution is -2.00. The first kappa shape index (κ1) is 13.7. The molecular weight excluding hydrogens is 290 g/mol. The Labute approximate surface area is 127 Å². The molecule has 6 heteroatoms. The Morgan fingerprint density at radius 2 is 2.19 bits per heavy atom. The van der Waals surface area contributed by atoms with E-state index >= 15 is 0 Å². The topological polar surface area (TPSA) is 62.3 Å². The third-order valence-electron chi connectivity index (χ3n) is 3.22. The van der Waals surface area contributed by atoms with Gasteiger partial charge in [0.1, 0.15) is 11.5 Å². The minimum absolute atomic E-state index is 0.372. The largest absolute Gasteiger partial charge is 0.489 e. The Morgan fingerprint density at radius 1 is 1.38 bits per heavy atom. The Balaban J connectivity index is 2.06. The predicted molar refractivity (Wildman–Crippen MR) is 81.5 cm³/mol. The number of rotatable bonds is 2. The normalized spacial score (nSPS) is 13.5. The number of imidazole rings is 1. The van der Waals surface area contributed by atoms with Crippen molar-refractivity contribution < 1.29 is 9.47 Å². The van der Waals surface area contributed by atoms with Gasteiger partial charge in [-0.1, -0.05) is 17.5 Å². The number of hydrogen-bond donors (Lipinski definition) is 1. The summed E-state index contributed by atoms with van der Waals surface area (Å²) in [6.07, 6.45) is 7.73. The molecule has 0 bridgehead atoms. The minimum Gasteiger partial charge on any atom is -0.489 e. The van der Waals surface area contributed by atoms with Gasteiger partial charge in [-0.15, -0.1) is 6.42 Å². The highest BCUT2D eigenvalue weighted by Crippen LogP contribution is 2.41. The quantitative estimate of drug-likeness (QED) is 0.866. The molecule has 3 rings (SSSR count). The van der Waals surface area contributed by atoms with Crippen molar-refractivity contribution in [3.05, 3.63) is 23.5 Å². The summed E-state index contributed by atoms with van der Waals surface area (Å²) in [5, 5.41) is 0.482. The second kappa shape index (κ2) is 5.58. The van der Waals surface area contributed by atoms with Gasteiger partial charge in [0.25, 0.3) is 0 Å². The van der Waals surface area contributed by atoms with Crippen LogP contribution in [0.4, 0.5) is 5.82 Å². The van der Waals surface area contributed by atoms with Crippen molar-refractivity contribution in [2.45, 2.75) is 13.0 Å². The van der Waals surface area contributed by atoms with E-state index < -0.39 is 0 Å². The summed E-state index contributed by atoms with van der Waals surface area (Å²) in [4.78, 5) is 4.31. The highest BCUT2D eigenvalue weighted by atomic mass is 35.5. The molecule has 108 valence electrons. The second-order valence-electron chi connectivity index (χ2n) is 4.65. The maximum atomic E-state index is 6.28. The molecule has 5 nitrogen and oxygen atoms in total. The van der Waals surface area contributed by atoms with Crippen molar-refractivity contribution in [3.8, 4) is 35.1 Å². The van der Waals surface area contributed by atoms with Crippen LogP contribution in [0.3, 0.4) is 0 Å². The lowest BCUT2D eigenvalue weighted by molar-refractivity contribution is 0.297. The molecule has 2 aromatic rings. The molecule has 1 aliphatic rings. The fourth-order valence-corrected chi connectivity index (χ4v) is 2.47. The maximum Gasteiger partial charge on any atom is 0.179 e. The van der Waals surface area contributed by atoms with E-state index in [0.717, 1.165) is 12.0 Å². The summed E-state index contributed by atoms with van der Waals surface area (Å²) in [7, 11) is 0. The van der Waals surface area contributed by atoms with Gasteiger partial charge in [0.05, 0.1) is 31.1 Å². The number of benzene rings is 1. The monoisotopic (exact) mass is 303 g/mol. The molecular formula is C15H14ClN3O2. The number of anilines is 1. The van der Waals surface area contributed by atoms with Gasteiger partial charge in [-0.3, -0.25) is 0 Å². The minimum atomic E-state index is 0.372. The van der Waals surface area contributed by atoms with Gasteiger partial charge >= 0.3 is 0 Å². The van der Waals surface area contributed by atoms with E-state index in [1.54, 1.807) is 17.0 Å². The summed E-state index contributed by atoms with van der Waals surface area (Å²) < 4.78 is 13.0. The SMILES string of the molecule is C#CCn1cnc(-c2cc(Cl)c3c(c2)OCCCO3)c1N. The number of ether oxygens (including phenoxy) is 2. The molecule has 1 aliphatic heterocycles. The van der Waals surface area contributed by atoms with Crippen molar-refractivity contribution in [1.82, 2.24) is 9.55 Å². The first-order chi connectivity index (χ1) is 10.2. The van der Waals surface area contributed by atoms with E-state index in [4.69, 9.17) is 33.2 Å². The van der Waals surface area contributed by atoms with Crippen molar-refractivity contribution in [1.29, 1.82) is 0 Å². The molecule has 0 saturated carbocycles. The molecule has 0 aliphatic carbocycles. The molecule has 0 unspecified atom stereocenters. The fraction of sp³-hybridized carbons (Fsp3) is 0.267. The summed E-state index contributed by atoms with van der Waals surface area (Å²) in [6.45, 7) is 1.55. The number of aromatic nitrogens is 2. The van der Waals surface area contributed by atoms with Crippen LogP contribution in [-0.2, 0) is 6.54 Å². The highest BCUT2D eigenvalue weighted by molar-refractivity contribution is 6.32. The van der Waals surface area contributed by atoms with Gasteiger partial charge in [-0.2, -0.15) is 0 Å². The number of halogens is 1. The van der Waals surface area contributed by atoms with Crippen LogP contribution in [0.2, 0.25) is 5.02 Å². The van der Waals surface area contributed by atoms with E-state index in [-0.39, 0.29) is 0 Å². The molecule has 1 aromatic carbocycles. The standard InChI is InChI=1S/C15H14ClN3O2/c1-2-4-19-9-18-13(15(19)17)10-7-11(16)14-12(8-10)20-5-3-6-21-14/h1,7-9H,3-6,17H2. The lowest BCUT2D eigenvalue weighted by atomic mass is 10.1. The zero-order chi connectivity index (χ0) is 14.8. The van der Waals surface area contributed by atoms with Gasteiger partial charge in [0, 0.05) is 12.0 Å². The Hall–Kier alpha value is -2.32. The summed E-state index contributed by atoms with van der Waals surface area (Å²) in [5.74, 6) is 4.21. The zero-order valence-electron chi connectivity index (χ0n) is 11.3. The molecule has 2 heterocycles. The number of hydrogen-bond acceptors (Lipinski definition) is 4. The summed E-state index contributed by atoms with van der Waals surface area (Å²) >= 11 is 6.28. The van der Waals surface area contributed by atoms with Crippen molar-refractivity contribution in [2.24, 2.45) is 0 Å².